The van der Waals surface area contributed by atoms with E-state index in [-0.39, 0.29) is 24.3 Å². The van der Waals surface area contributed by atoms with E-state index in [1.807, 2.05) is 40.8 Å². The summed E-state index contributed by atoms with van der Waals surface area (Å²) in [5.41, 5.74) is 1.82. The fourth-order valence-corrected chi connectivity index (χ4v) is 3.66. The molecule has 1 unspecified atom stereocenters. The number of hydrogen-bond acceptors (Lipinski definition) is 4. The number of amides is 2. The molecule has 0 saturated carbocycles. The second-order valence-corrected chi connectivity index (χ2v) is 6.71. The molecular formula is C18H22N4O3. The number of para-hydroxylation sites is 2. The topological polar surface area (TPSA) is 67.7 Å². The van der Waals surface area contributed by atoms with Gasteiger partial charge in [-0.05, 0) is 12.1 Å². The van der Waals surface area contributed by atoms with Crippen molar-refractivity contribution in [1.82, 2.24) is 19.4 Å². The van der Waals surface area contributed by atoms with Gasteiger partial charge in [-0.15, -0.1) is 0 Å². The normalized spacial score (nSPS) is 21.3. The van der Waals surface area contributed by atoms with Gasteiger partial charge >= 0.3 is 0 Å². The number of carbonyl (C=O) groups excluding carboxylic acids is 2. The van der Waals surface area contributed by atoms with Crippen LogP contribution in [0, 0.1) is 0 Å². The third-order valence-electron chi connectivity index (χ3n) is 5.05. The minimum atomic E-state index is 0.0300. The van der Waals surface area contributed by atoms with E-state index in [9.17, 15) is 9.59 Å². The number of carbonyl (C=O) groups is 2. The van der Waals surface area contributed by atoms with Gasteiger partial charge in [-0.25, -0.2) is 4.98 Å². The molecule has 0 N–H and O–H groups in total. The predicted molar refractivity (Wildman–Crippen MR) is 92.1 cm³/mol. The van der Waals surface area contributed by atoms with Gasteiger partial charge in [0.25, 0.3) is 0 Å². The fourth-order valence-electron chi connectivity index (χ4n) is 3.66. The van der Waals surface area contributed by atoms with Gasteiger partial charge < -0.3 is 19.1 Å². The summed E-state index contributed by atoms with van der Waals surface area (Å²) in [6.45, 7) is 3.34. The second kappa shape index (κ2) is 6.48. The molecule has 25 heavy (non-hydrogen) atoms. The standard InChI is InChI=1S/C18H22N4O3/c1-20-11-13(10-16(20)23)18-19-14-4-2-3-5-15(14)22(18)12-17(24)21-6-8-25-9-7-21/h2-5,13H,6-12H2,1H3. The van der Waals surface area contributed by atoms with Crippen LogP contribution in [0.1, 0.15) is 18.2 Å². The molecule has 132 valence electrons. The molecule has 7 nitrogen and oxygen atoms in total. The van der Waals surface area contributed by atoms with E-state index in [1.165, 1.54) is 0 Å². The summed E-state index contributed by atoms with van der Waals surface area (Å²) in [6, 6.07) is 7.84. The number of benzene rings is 1. The van der Waals surface area contributed by atoms with Crippen LogP contribution in [0.2, 0.25) is 0 Å². The molecule has 1 aromatic carbocycles. The first-order valence-corrected chi connectivity index (χ1v) is 8.68. The van der Waals surface area contributed by atoms with E-state index < -0.39 is 0 Å². The smallest absolute Gasteiger partial charge is 0.242 e. The quantitative estimate of drug-likeness (QED) is 0.829. The Kier molecular flexibility index (Phi) is 4.17. The lowest BCUT2D eigenvalue weighted by molar-refractivity contribution is -0.135. The van der Waals surface area contributed by atoms with Crippen molar-refractivity contribution in [1.29, 1.82) is 0 Å². The monoisotopic (exact) mass is 342 g/mol. The number of nitrogens with zero attached hydrogens (tertiary/aromatic N) is 4. The summed E-state index contributed by atoms with van der Waals surface area (Å²) < 4.78 is 7.32. The van der Waals surface area contributed by atoms with E-state index in [1.54, 1.807) is 4.90 Å². The van der Waals surface area contributed by atoms with E-state index >= 15 is 0 Å². The molecular weight excluding hydrogens is 320 g/mol. The summed E-state index contributed by atoms with van der Waals surface area (Å²) in [6.07, 6.45) is 0.450. The lowest BCUT2D eigenvalue weighted by Gasteiger charge is -2.27. The maximum Gasteiger partial charge on any atom is 0.242 e. The summed E-state index contributed by atoms with van der Waals surface area (Å²) in [7, 11) is 1.81. The van der Waals surface area contributed by atoms with Gasteiger partial charge in [0, 0.05) is 39.0 Å². The van der Waals surface area contributed by atoms with Crippen LogP contribution in [-0.2, 0) is 20.9 Å². The predicted octanol–water partition coefficient (Wildman–Crippen LogP) is 0.841. The average molecular weight is 342 g/mol. The zero-order chi connectivity index (χ0) is 17.4. The van der Waals surface area contributed by atoms with Crippen molar-refractivity contribution in [2.45, 2.75) is 18.9 Å². The van der Waals surface area contributed by atoms with Gasteiger partial charge in [0.2, 0.25) is 11.8 Å². The molecule has 1 atom stereocenters. The van der Waals surface area contributed by atoms with Crippen molar-refractivity contribution in [3.8, 4) is 0 Å². The molecule has 0 radical (unpaired) electrons. The third-order valence-corrected chi connectivity index (χ3v) is 5.05. The first kappa shape index (κ1) is 16.1. The van der Waals surface area contributed by atoms with Crippen LogP contribution in [0.3, 0.4) is 0 Å². The first-order valence-electron chi connectivity index (χ1n) is 8.68. The number of likely N-dealkylation sites (N-methyl/N-ethyl adjacent to an activating group) is 1. The van der Waals surface area contributed by atoms with Gasteiger partial charge in [-0.1, -0.05) is 12.1 Å². The number of imidazole rings is 1. The fraction of sp³-hybridized carbons (Fsp3) is 0.500. The summed E-state index contributed by atoms with van der Waals surface area (Å²) in [5, 5.41) is 0. The van der Waals surface area contributed by atoms with E-state index in [0.29, 0.717) is 39.3 Å². The molecule has 2 aliphatic heterocycles. The van der Waals surface area contributed by atoms with Gasteiger partial charge in [0.05, 0.1) is 24.2 Å². The van der Waals surface area contributed by atoms with Gasteiger partial charge in [0.15, 0.2) is 0 Å². The van der Waals surface area contributed by atoms with Crippen molar-refractivity contribution >= 4 is 22.8 Å². The SMILES string of the molecule is CN1CC(c2nc3ccccc3n2CC(=O)N2CCOCC2)CC1=O. The zero-order valence-corrected chi connectivity index (χ0v) is 14.4. The summed E-state index contributed by atoms with van der Waals surface area (Å²) >= 11 is 0. The Morgan fingerprint density at radius 3 is 2.76 bits per heavy atom. The second-order valence-electron chi connectivity index (χ2n) is 6.71. The Morgan fingerprint density at radius 2 is 2.04 bits per heavy atom. The van der Waals surface area contributed by atoms with Crippen molar-refractivity contribution in [2.75, 3.05) is 39.9 Å². The number of fused-ring (bicyclic) bond motifs is 1. The molecule has 2 aromatic rings. The molecule has 0 spiro atoms. The van der Waals surface area contributed by atoms with Gasteiger partial charge in [-0.2, -0.15) is 0 Å². The van der Waals surface area contributed by atoms with Crippen LogP contribution in [0.4, 0.5) is 0 Å². The first-order chi connectivity index (χ1) is 12.1. The van der Waals surface area contributed by atoms with Crippen LogP contribution in [0.15, 0.2) is 24.3 Å². The molecule has 4 rings (SSSR count). The molecule has 2 amide bonds. The number of aromatic nitrogens is 2. The van der Waals surface area contributed by atoms with E-state index in [0.717, 1.165) is 16.9 Å². The Bertz CT molecular complexity index is 810. The van der Waals surface area contributed by atoms with E-state index in [4.69, 9.17) is 9.72 Å². The van der Waals surface area contributed by atoms with Crippen LogP contribution < -0.4 is 0 Å². The van der Waals surface area contributed by atoms with Gasteiger partial charge in [-0.3, -0.25) is 9.59 Å². The lowest BCUT2D eigenvalue weighted by atomic mass is 10.1. The molecule has 2 aliphatic rings. The number of morpholine rings is 1. The van der Waals surface area contributed by atoms with Crippen molar-refractivity contribution < 1.29 is 14.3 Å². The maximum absolute atomic E-state index is 12.7. The van der Waals surface area contributed by atoms with Crippen LogP contribution >= 0.6 is 0 Å². The molecule has 0 bridgehead atoms. The number of rotatable bonds is 3. The van der Waals surface area contributed by atoms with Crippen LogP contribution in [0.5, 0.6) is 0 Å². The molecule has 7 heteroatoms. The van der Waals surface area contributed by atoms with Crippen LogP contribution in [0.25, 0.3) is 11.0 Å². The Morgan fingerprint density at radius 1 is 1.28 bits per heavy atom. The lowest BCUT2D eigenvalue weighted by Crippen LogP contribution is -2.42. The Balaban J connectivity index is 1.67. The minimum absolute atomic E-state index is 0.0300. The van der Waals surface area contributed by atoms with Gasteiger partial charge in [0.1, 0.15) is 12.4 Å². The Labute approximate surface area is 146 Å². The maximum atomic E-state index is 12.7. The highest BCUT2D eigenvalue weighted by molar-refractivity contribution is 5.83. The average Bonchev–Trinajstić information content (AvgIpc) is 3.16. The Hall–Kier alpha value is -2.41. The molecule has 3 heterocycles. The molecule has 2 fully saturated rings. The summed E-state index contributed by atoms with van der Waals surface area (Å²) in [5.74, 6) is 1.07. The summed E-state index contributed by atoms with van der Waals surface area (Å²) in [4.78, 5) is 33.0. The number of ether oxygens (including phenoxy) is 1. The number of hydrogen-bond donors (Lipinski definition) is 0. The molecule has 1 aromatic heterocycles. The third kappa shape index (κ3) is 3.00. The largest absolute Gasteiger partial charge is 0.378 e. The molecule has 0 aliphatic carbocycles. The number of likely N-dealkylation sites (tertiary alicyclic amines) is 1. The highest BCUT2D eigenvalue weighted by Crippen LogP contribution is 2.29. The minimum Gasteiger partial charge on any atom is -0.378 e. The van der Waals surface area contributed by atoms with Crippen molar-refractivity contribution in [3.05, 3.63) is 30.1 Å². The molecule has 2 saturated heterocycles. The highest BCUT2D eigenvalue weighted by atomic mass is 16.5. The highest BCUT2D eigenvalue weighted by Gasteiger charge is 2.32. The van der Waals surface area contributed by atoms with E-state index in [2.05, 4.69) is 0 Å². The van der Waals surface area contributed by atoms with Crippen molar-refractivity contribution in [2.24, 2.45) is 0 Å². The van der Waals surface area contributed by atoms with Crippen LogP contribution in [-0.4, -0.2) is 71.1 Å². The zero-order valence-electron chi connectivity index (χ0n) is 14.4. The van der Waals surface area contributed by atoms with Crippen molar-refractivity contribution in [3.63, 3.8) is 0 Å².